The number of nitrogens with zero attached hydrogens (tertiary/aromatic N) is 6. The van der Waals surface area contributed by atoms with Crippen molar-refractivity contribution in [3.05, 3.63) is 82.3 Å². The smallest absolute Gasteiger partial charge is 0.182 e. The van der Waals surface area contributed by atoms with Crippen molar-refractivity contribution in [1.82, 2.24) is 25.0 Å². The van der Waals surface area contributed by atoms with Gasteiger partial charge in [0.25, 0.3) is 0 Å². The van der Waals surface area contributed by atoms with Gasteiger partial charge in [-0.2, -0.15) is 5.26 Å². The Kier molecular flexibility index (Phi) is 4.53. The molecule has 0 saturated heterocycles. The van der Waals surface area contributed by atoms with E-state index in [0.29, 0.717) is 34.2 Å². The van der Waals surface area contributed by atoms with Crippen molar-refractivity contribution < 1.29 is 0 Å². The molecule has 0 saturated carbocycles. The van der Waals surface area contributed by atoms with Crippen LogP contribution in [0.3, 0.4) is 0 Å². The van der Waals surface area contributed by atoms with Gasteiger partial charge in [-0.05, 0) is 24.1 Å². The summed E-state index contributed by atoms with van der Waals surface area (Å²) in [7, 11) is 0. The molecule has 0 bridgehead atoms. The van der Waals surface area contributed by atoms with Gasteiger partial charge in [0, 0.05) is 5.02 Å². The van der Waals surface area contributed by atoms with Crippen molar-refractivity contribution in [2.24, 2.45) is 0 Å². The highest BCUT2D eigenvalue weighted by molar-refractivity contribution is 6.31. The molecule has 4 rings (SSSR count). The zero-order chi connectivity index (χ0) is 18.8. The lowest BCUT2D eigenvalue weighted by atomic mass is 9.96. The molecule has 0 radical (unpaired) electrons. The van der Waals surface area contributed by atoms with Gasteiger partial charge in [0.15, 0.2) is 11.2 Å². The summed E-state index contributed by atoms with van der Waals surface area (Å²) in [5.41, 5.74) is 3.47. The molecule has 7 heteroatoms. The number of aromatic nitrogens is 5. The van der Waals surface area contributed by atoms with Gasteiger partial charge in [0.2, 0.25) is 0 Å². The molecule has 4 aromatic rings. The molecule has 2 heterocycles. The predicted octanol–water partition coefficient (Wildman–Crippen LogP) is 3.89. The highest BCUT2D eigenvalue weighted by Gasteiger charge is 2.22. The van der Waals surface area contributed by atoms with Crippen molar-refractivity contribution in [2.45, 2.75) is 19.4 Å². The minimum Gasteiger partial charge on any atom is -0.234 e. The normalized spacial score (nSPS) is 12.0. The number of aryl methyl sites for hydroxylation is 1. The topological polar surface area (TPSA) is 80.3 Å². The second kappa shape index (κ2) is 7.14. The summed E-state index contributed by atoms with van der Waals surface area (Å²) in [4.78, 5) is 9.02. The molecule has 0 fully saturated rings. The van der Waals surface area contributed by atoms with E-state index < -0.39 is 5.92 Å². The second-order valence-corrected chi connectivity index (χ2v) is 6.55. The maximum Gasteiger partial charge on any atom is 0.182 e. The Labute approximate surface area is 161 Å². The van der Waals surface area contributed by atoms with Crippen molar-refractivity contribution in [2.75, 3.05) is 0 Å². The largest absolute Gasteiger partial charge is 0.234 e. The molecule has 0 aliphatic heterocycles. The third-order valence-corrected chi connectivity index (χ3v) is 4.68. The van der Waals surface area contributed by atoms with Gasteiger partial charge in [0.05, 0.1) is 18.3 Å². The van der Waals surface area contributed by atoms with Crippen molar-refractivity contribution in [3.8, 4) is 6.07 Å². The lowest BCUT2D eigenvalue weighted by molar-refractivity contribution is 0.663. The Balaban J connectivity index is 1.83. The standard InChI is InChI=1S/C20H15ClN6/c1-13-23-18(16(11-22)14-7-3-2-4-8-14)19-20(24-13)27(26-25-19)12-15-9-5-6-10-17(15)21/h2-10,16H,12H2,1H3/t16-/m1/s1. The fraction of sp³-hybridized carbons (Fsp3) is 0.150. The van der Waals surface area contributed by atoms with Crippen LogP contribution in [0.4, 0.5) is 0 Å². The third-order valence-electron chi connectivity index (χ3n) is 4.31. The summed E-state index contributed by atoms with van der Waals surface area (Å²) < 4.78 is 1.69. The number of hydrogen-bond acceptors (Lipinski definition) is 5. The molecule has 2 aromatic heterocycles. The quantitative estimate of drug-likeness (QED) is 0.541. The Morgan fingerprint density at radius 2 is 1.81 bits per heavy atom. The van der Waals surface area contributed by atoms with E-state index in [9.17, 15) is 5.26 Å². The number of nitriles is 1. The molecule has 132 valence electrons. The molecule has 2 aromatic carbocycles. The van der Waals surface area contributed by atoms with Gasteiger partial charge in [0.1, 0.15) is 11.7 Å². The molecule has 27 heavy (non-hydrogen) atoms. The maximum atomic E-state index is 9.78. The van der Waals surface area contributed by atoms with Crippen molar-refractivity contribution in [1.29, 1.82) is 5.26 Å². The van der Waals surface area contributed by atoms with Crippen LogP contribution >= 0.6 is 11.6 Å². The van der Waals surface area contributed by atoms with Crippen LogP contribution in [0, 0.1) is 18.3 Å². The first-order chi connectivity index (χ1) is 13.2. The zero-order valence-corrected chi connectivity index (χ0v) is 15.3. The molecule has 0 spiro atoms. The molecule has 0 aliphatic rings. The summed E-state index contributed by atoms with van der Waals surface area (Å²) >= 11 is 6.27. The molecular formula is C20H15ClN6. The highest BCUT2D eigenvalue weighted by atomic mass is 35.5. The van der Waals surface area contributed by atoms with Crippen LogP contribution in [0.25, 0.3) is 11.2 Å². The van der Waals surface area contributed by atoms with E-state index in [1.165, 1.54) is 0 Å². The van der Waals surface area contributed by atoms with Gasteiger partial charge in [-0.15, -0.1) is 5.10 Å². The minimum atomic E-state index is -0.541. The molecule has 6 nitrogen and oxygen atoms in total. The summed E-state index contributed by atoms with van der Waals surface area (Å²) in [6.45, 7) is 2.24. The van der Waals surface area contributed by atoms with Crippen LogP contribution in [-0.4, -0.2) is 25.0 Å². The average Bonchev–Trinajstić information content (AvgIpc) is 3.08. The van der Waals surface area contributed by atoms with Gasteiger partial charge in [-0.25, -0.2) is 14.6 Å². The van der Waals surface area contributed by atoms with Gasteiger partial charge >= 0.3 is 0 Å². The van der Waals surface area contributed by atoms with Crippen LogP contribution in [0.2, 0.25) is 5.02 Å². The lowest BCUT2D eigenvalue weighted by Crippen LogP contribution is -2.07. The Bertz CT molecular complexity index is 1150. The van der Waals surface area contributed by atoms with Crippen LogP contribution in [0.5, 0.6) is 0 Å². The Morgan fingerprint density at radius 3 is 2.56 bits per heavy atom. The van der Waals surface area contributed by atoms with E-state index in [0.717, 1.165) is 11.1 Å². The highest BCUT2D eigenvalue weighted by Crippen LogP contribution is 2.27. The van der Waals surface area contributed by atoms with Gasteiger partial charge in [-0.1, -0.05) is 65.3 Å². The fourth-order valence-electron chi connectivity index (χ4n) is 3.02. The monoisotopic (exact) mass is 374 g/mol. The zero-order valence-electron chi connectivity index (χ0n) is 14.5. The average molecular weight is 375 g/mol. The molecule has 1 atom stereocenters. The molecule has 0 amide bonds. The number of hydrogen-bond donors (Lipinski definition) is 0. The summed E-state index contributed by atoms with van der Waals surface area (Å²) in [5.74, 6) is 0.0252. The summed E-state index contributed by atoms with van der Waals surface area (Å²) in [6.07, 6.45) is 0. The molecule has 0 unspecified atom stereocenters. The summed E-state index contributed by atoms with van der Waals surface area (Å²) in [6, 6.07) is 19.4. The SMILES string of the molecule is Cc1nc([C@H](C#N)c2ccccc2)c2nnn(Cc3ccccc3Cl)c2n1. The fourth-order valence-corrected chi connectivity index (χ4v) is 3.22. The first kappa shape index (κ1) is 17.1. The van der Waals surface area contributed by atoms with Crippen molar-refractivity contribution >= 4 is 22.8 Å². The second-order valence-electron chi connectivity index (χ2n) is 6.14. The van der Waals surface area contributed by atoms with Crippen molar-refractivity contribution in [3.63, 3.8) is 0 Å². The van der Waals surface area contributed by atoms with E-state index in [1.807, 2.05) is 54.6 Å². The minimum absolute atomic E-state index is 0.439. The Morgan fingerprint density at radius 1 is 1.07 bits per heavy atom. The molecule has 0 N–H and O–H groups in total. The van der Waals surface area contributed by atoms with E-state index in [4.69, 9.17) is 11.6 Å². The van der Waals surface area contributed by atoms with Crippen LogP contribution in [0.1, 0.15) is 28.6 Å². The third kappa shape index (κ3) is 3.25. The number of benzene rings is 2. The van der Waals surface area contributed by atoms with E-state index >= 15 is 0 Å². The Hall–Kier alpha value is -3.30. The summed E-state index contributed by atoms with van der Waals surface area (Å²) in [5, 5.41) is 19.0. The van der Waals surface area contributed by atoms with Gasteiger partial charge < -0.3 is 0 Å². The number of rotatable bonds is 4. The predicted molar refractivity (Wildman–Crippen MR) is 102 cm³/mol. The van der Waals surface area contributed by atoms with Crippen LogP contribution < -0.4 is 0 Å². The first-order valence-corrected chi connectivity index (χ1v) is 8.81. The van der Waals surface area contributed by atoms with E-state index in [2.05, 4.69) is 26.3 Å². The van der Waals surface area contributed by atoms with E-state index in [1.54, 1.807) is 11.6 Å². The van der Waals surface area contributed by atoms with Crippen LogP contribution in [0.15, 0.2) is 54.6 Å². The van der Waals surface area contributed by atoms with E-state index in [-0.39, 0.29) is 0 Å². The van der Waals surface area contributed by atoms with Gasteiger partial charge in [-0.3, -0.25) is 0 Å². The number of halogens is 1. The molecule has 0 aliphatic carbocycles. The first-order valence-electron chi connectivity index (χ1n) is 8.43. The lowest BCUT2D eigenvalue weighted by Gasteiger charge is -2.10. The maximum absolute atomic E-state index is 9.78. The molecular weight excluding hydrogens is 360 g/mol. The van der Waals surface area contributed by atoms with Crippen LogP contribution in [-0.2, 0) is 6.54 Å². The number of fused-ring (bicyclic) bond motifs is 1.